The number of nitrogens with one attached hydrogen (secondary N) is 1. The largest absolute Gasteiger partial charge is 0.398 e. The lowest BCUT2D eigenvalue weighted by Gasteiger charge is -2.11. The summed E-state index contributed by atoms with van der Waals surface area (Å²) in [6, 6.07) is 2.09. The molecule has 4 nitrogen and oxygen atoms in total. The average molecular weight is 337 g/mol. The predicted octanol–water partition coefficient (Wildman–Crippen LogP) is 2.25. The number of sulfonamides is 1. The minimum atomic E-state index is -3.71. The monoisotopic (exact) mass is 336 g/mol. The Labute approximate surface area is 114 Å². The summed E-state index contributed by atoms with van der Waals surface area (Å²) in [5.74, 6) is -0.585. The Morgan fingerprint density at radius 3 is 2.56 bits per heavy atom. The number of nitrogens with two attached hydrogens (primary N) is 1. The highest BCUT2D eigenvalue weighted by molar-refractivity contribution is 9.10. The first kappa shape index (κ1) is 13.8. The van der Waals surface area contributed by atoms with Crippen LogP contribution in [-0.4, -0.2) is 14.5 Å². The molecule has 2 rings (SSSR count). The first-order valence-electron chi connectivity index (χ1n) is 5.40. The molecule has 0 saturated heterocycles. The molecule has 3 N–H and O–H groups in total. The first-order chi connectivity index (χ1) is 8.13. The van der Waals surface area contributed by atoms with Crippen molar-refractivity contribution in [2.24, 2.45) is 5.41 Å². The van der Waals surface area contributed by atoms with Gasteiger partial charge in [-0.05, 0) is 39.9 Å². The van der Waals surface area contributed by atoms with Crippen LogP contribution in [0, 0.1) is 11.2 Å². The molecular formula is C11H14BrFN2O2S. The Hall–Kier alpha value is -0.660. The van der Waals surface area contributed by atoms with Crippen LogP contribution in [-0.2, 0) is 10.0 Å². The summed E-state index contributed by atoms with van der Waals surface area (Å²) in [6.45, 7) is 3.95. The molecule has 0 aliphatic heterocycles. The summed E-state index contributed by atoms with van der Waals surface area (Å²) in [5, 5.41) is 0. The molecule has 0 heterocycles. The van der Waals surface area contributed by atoms with Crippen molar-refractivity contribution in [1.29, 1.82) is 0 Å². The Morgan fingerprint density at radius 2 is 2.06 bits per heavy atom. The number of hydrogen-bond acceptors (Lipinski definition) is 3. The van der Waals surface area contributed by atoms with Crippen molar-refractivity contribution < 1.29 is 12.8 Å². The molecule has 18 heavy (non-hydrogen) atoms. The highest BCUT2D eigenvalue weighted by Crippen LogP contribution is 2.45. The molecule has 1 aliphatic rings. The van der Waals surface area contributed by atoms with E-state index < -0.39 is 15.8 Å². The topological polar surface area (TPSA) is 72.2 Å². The Balaban J connectivity index is 2.33. The van der Waals surface area contributed by atoms with Crippen LogP contribution in [0.15, 0.2) is 21.5 Å². The summed E-state index contributed by atoms with van der Waals surface area (Å²) < 4.78 is 40.1. The summed E-state index contributed by atoms with van der Waals surface area (Å²) in [7, 11) is -3.71. The fourth-order valence-corrected chi connectivity index (χ4v) is 3.74. The second-order valence-electron chi connectivity index (χ2n) is 5.17. The average Bonchev–Trinajstić information content (AvgIpc) is 2.78. The standard InChI is InChI=1S/C11H14BrFN2O2S/c1-11(2)5-10(11)15-18(16,17)9-3-6(12)7(13)4-8(9)14/h3-4,10,15H,5,14H2,1-2H3. The molecule has 0 amide bonds. The molecule has 1 aromatic carbocycles. The Morgan fingerprint density at radius 1 is 1.50 bits per heavy atom. The van der Waals surface area contributed by atoms with Gasteiger partial charge in [0.15, 0.2) is 0 Å². The van der Waals surface area contributed by atoms with Crippen molar-refractivity contribution in [3.63, 3.8) is 0 Å². The fourth-order valence-electron chi connectivity index (χ4n) is 1.70. The van der Waals surface area contributed by atoms with Gasteiger partial charge in [0.25, 0.3) is 0 Å². The van der Waals surface area contributed by atoms with E-state index in [4.69, 9.17) is 5.73 Å². The van der Waals surface area contributed by atoms with E-state index in [1.165, 1.54) is 6.07 Å². The number of benzene rings is 1. The third kappa shape index (κ3) is 2.53. The van der Waals surface area contributed by atoms with Gasteiger partial charge in [0.1, 0.15) is 10.7 Å². The van der Waals surface area contributed by atoms with Crippen LogP contribution in [0.2, 0.25) is 0 Å². The Bertz CT molecular complexity index is 601. The number of anilines is 1. The van der Waals surface area contributed by atoms with Gasteiger partial charge in [-0.2, -0.15) is 0 Å². The lowest BCUT2D eigenvalue weighted by molar-refractivity contribution is 0.554. The van der Waals surface area contributed by atoms with Gasteiger partial charge in [-0.1, -0.05) is 13.8 Å². The molecule has 0 spiro atoms. The molecule has 1 fully saturated rings. The van der Waals surface area contributed by atoms with Gasteiger partial charge >= 0.3 is 0 Å². The number of rotatable bonds is 3. The van der Waals surface area contributed by atoms with Crippen LogP contribution in [0.1, 0.15) is 20.3 Å². The van der Waals surface area contributed by atoms with Crippen LogP contribution >= 0.6 is 15.9 Å². The maximum atomic E-state index is 13.2. The molecule has 1 aliphatic carbocycles. The van der Waals surface area contributed by atoms with Crippen molar-refractivity contribution in [2.45, 2.75) is 31.2 Å². The molecule has 1 aromatic rings. The van der Waals surface area contributed by atoms with E-state index in [0.717, 1.165) is 12.5 Å². The highest BCUT2D eigenvalue weighted by atomic mass is 79.9. The highest BCUT2D eigenvalue weighted by Gasteiger charge is 2.48. The Kier molecular flexibility index (Phi) is 3.19. The van der Waals surface area contributed by atoms with E-state index in [-0.39, 0.29) is 26.5 Å². The van der Waals surface area contributed by atoms with Gasteiger partial charge in [-0.25, -0.2) is 17.5 Å². The van der Waals surface area contributed by atoms with Gasteiger partial charge < -0.3 is 5.73 Å². The lowest BCUT2D eigenvalue weighted by Crippen LogP contribution is -2.29. The second kappa shape index (κ2) is 4.18. The molecule has 1 saturated carbocycles. The van der Waals surface area contributed by atoms with Crippen molar-refractivity contribution in [3.8, 4) is 0 Å². The van der Waals surface area contributed by atoms with Crippen molar-refractivity contribution in [3.05, 3.63) is 22.4 Å². The van der Waals surface area contributed by atoms with Gasteiger partial charge in [0.05, 0.1) is 10.2 Å². The molecule has 1 unspecified atom stereocenters. The first-order valence-corrected chi connectivity index (χ1v) is 7.68. The minimum absolute atomic E-state index is 0.0287. The number of nitrogen functional groups attached to an aromatic ring is 1. The van der Waals surface area contributed by atoms with E-state index in [2.05, 4.69) is 20.7 Å². The molecule has 100 valence electrons. The molecule has 0 radical (unpaired) electrons. The maximum absolute atomic E-state index is 13.2. The predicted molar refractivity (Wildman–Crippen MR) is 71.0 cm³/mol. The molecule has 1 atom stereocenters. The third-order valence-corrected chi connectivity index (χ3v) is 5.29. The quantitative estimate of drug-likeness (QED) is 0.831. The zero-order valence-corrected chi connectivity index (χ0v) is 12.4. The number of hydrogen-bond donors (Lipinski definition) is 2. The van der Waals surface area contributed by atoms with Crippen LogP contribution in [0.4, 0.5) is 10.1 Å². The lowest BCUT2D eigenvalue weighted by atomic mass is 10.2. The van der Waals surface area contributed by atoms with Crippen molar-refractivity contribution >= 4 is 31.6 Å². The van der Waals surface area contributed by atoms with Crippen LogP contribution in [0.3, 0.4) is 0 Å². The van der Waals surface area contributed by atoms with Crippen molar-refractivity contribution in [2.75, 3.05) is 5.73 Å². The molecule has 7 heteroatoms. The second-order valence-corrected chi connectivity index (χ2v) is 7.71. The van der Waals surface area contributed by atoms with Gasteiger partial charge in [-0.3, -0.25) is 0 Å². The van der Waals surface area contributed by atoms with E-state index in [0.29, 0.717) is 0 Å². The molecule has 0 bridgehead atoms. The van der Waals surface area contributed by atoms with Crippen molar-refractivity contribution in [1.82, 2.24) is 4.72 Å². The zero-order valence-electron chi connectivity index (χ0n) is 10.00. The van der Waals surface area contributed by atoms with E-state index >= 15 is 0 Å². The van der Waals surface area contributed by atoms with Crippen LogP contribution < -0.4 is 10.5 Å². The summed E-state index contributed by atoms with van der Waals surface area (Å²) >= 11 is 2.95. The number of halogens is 2. The SMILES string of the molecule is CC1(C)CC1NS(=O)(=O)c1cc(Br)c(F)cc1N. The fraction of sp³-hybridized carbons (Fsp3) is 0.455. The van der Waals surface area contributed by atoms with Gasteiger partial charge in [0.2, 0.25) is 10.0 Å². The van der Waals surface area contributed by atoms with Gasteiger partial charge in [0, 0.05) is 6.04 Å². The molecular weight excluding hydrogens is 323 g/mol. The minimum Gasteiger partial charge on any atom is -0.398 e. The van der Waals surface area contributed by atoms with E-state index in [1.807, 2.05) is 13.8 Å². The van der Waals surface area contributed by atoms with E-state index in [1.54, 1.807) is 0 Å². The third-order valence-electron chi connectivity index (χ3n) is 3.15. The van der Waals surface area contributed by atoms with Crippen LogP contribution in [0.5, 0.6) is 0 Å². The van der Waals surface area contributed by atoms with Crippen LogP contribution in [0.25, 0.3) is 0 Å². The van der Waals surface area contributed by atoms with E-state index in [9.17, 15) is 12.8 Å². The summed E-state index contributed by atoms with van der Waals surface area (Å²) in [5.41, 5.74) is 5.44. The maximum Gasteiger partial charge on any atom is 0.242 e. The summed E-state index contributed by atoms with van der Waals surface area (Å²) in [4.78, 5) is -0.0986. The van der Waals surface area contributed by atoms with Gasteiger partial charge in [-0.15, -0.1) is 0 Å². The normalized spacial score (nSPS) is 21.9. The molecule has 0 aromatic heterocycles. The zero-order chi connectivity index (χ0) is 13.7. The summed E-state index contributed by atoms with van der Waals surface area (Å²) in [6.07, 6.45) is 0.786. The smallest absolute Gasteiger partial charge is 0.242 e.